The van der Waals surface area contributed by atoms with Gasteiger partial charge < -0.3 is 15.0 Å². The van der Waals surface area contributed by atoms with E-state index >= 15 is 0 Å². The van der Waals surface area contributed by atoms with Crippen molar-refractivity contribution in [1.82, 2.24) is 14.9 Å². The summed E-state index contributed by atoms with van der Waals surface area (Å²) in [4.78, 5) is 34.9. The zero-order valence-electron chi connectivity index (χ0n) is 17.1. The minimum absolute atomic E-state index is 0.0824. The fourth-order valence-corrected chi connectivity index (χ4v) is 3.57. The second kappa shape index (κ2) is 9.18. The van der Waals surface area contributed by atoms with Gasteiger partial charge in [-0.3, -0.25) is 4.79 Å². The van der Waals surface area contributed by atoms with Crippen molar-refractivity contribution in [1.29, 1.82) is 0 Å². The number of piperidine rings is 1. The van der Waals surface area contributed by atoms with Gasteiger partial charge in [0.15, 0.2) is 5.82 Å². The average molecular weight is 451 g/mol. The van der Waals surface area contributed by atoms with Crippen molar-refractivity contribution >= 4 is 40.9 Å². The molecule has 3 rings (SSSR count). The summed E-state index contributed by atoms with van der Waals surface area (Å²) in [6.07, 6.45) is 0.824. The van der Waals surface area contributed by atoms with Crippen LogP contribution in [-0.2, 0) is 9.53 Å². The van der Waals surface area contributed by atoms with Crippen LogP contribution in [0, 0.1) is 5.92 Å². The lowest BCUT2D eigenvalue weighted by Crippen LogP contribution is -2.43. The van der Waals surface area contributed by atoms with E-state index in [-0.39, 0.29) is 28.2 Å². The van der Waals surface area contributed by atoms with Crippen molar-refractivity contribution in [2.24, 2.45) is 5.92 Å². The number of aromatic nitrogens is 2. The normalized spacial score (nSPS) is 15.0. The molecule has 1 N–H and O–H groups in total. The highest BCUT2D eigenvalue weighted by atomic mass is 35.5. The Labute approximate surface area is 185 Å². The minimum Gasteiger partial charge on any atom is -0.444 e. The van der Waals surface area contributed by atoms with Gasteiger partial charge in [-0.2, -0.15) is 0 Å². The van der Waals surface area contributed by atoms with E-state index < -0.39 is 5.60 Å². The highest BCUT2D eigenvalue weighted by Gasteiger charge is 2.30. The van der Waals surface area contributed by atoms with Crippen molar-refractivity contribution in [2.75, 3.05) is 18.4 Å². The second-order valence-corrected chi connectivity index (χ2v) is 8.92. The van der Waals surface area contributed by atoms with Crippen molar-refractivity contribution in [3.8, 4) is 11.4 Å². The average Bonchev–Trinajstić information content (AvgIpc) is 2.66. The van der Waals surface area contributed by atoms with Gasteiger partial charge in [0.05, 0.1) is 0 Å². The lowest BCUT2D eigenvalue weighted by atomic mass is 9.96. The third kappa shape index (κ3) is 6.06. The number of carbonyl (C=O) groups is 2. The van der Waals surface area contributed by atoms with E-state index in [2.05, 4.69) is 15.3 Å². The first kappa shape index (κ1) is 22.3. The summed E-state index contributed by atoms with van der Waals surface area (Å²) in [6, 6.07) is 8.65. The Morgan fingerprint density at radius 1 is 1.10 bits per heavy atom. The zero-order chi connectivity index (χ0) is 21.9. The van der Waals surface area contributed by atoms with E-state index in [4.69, 9.17) is 27.9 Å². The molecule has 2 aromatic rings. The number of ether oxygens (including phenoxy) is 1. The van der Waals surface area contributed by atoms with E-state index in [9.17, 15) is 9.59 Å². The first-order valence-corrected chi connectivity index (χ1v) is 10.5. The fraction of sp³-hybridized carbons (Fsp3) is 0.429. The second-order valence-electron chi connectivity index (χ2n) is 8.15. The predicted molar refractivity (Wildman–Crippen MR) is 117 cm³/mol. The molecule has 1 aromatic heterocycles. The number of carbonyl (C=O) groups excluding carboxylic acids is 2. The van der Waals surface area contributed by atoms with Gasteiger partial charge in [0, 0.05) is 36.3 Å². The van der Waals surface area contributed by atoms with E-state index in [1.54, 1.807) is 23.1 Å². The van der Waals surface area contributed by atoms with Gasteiger partial charge in [0.1, 0.15) is 15.9 Å². The van der Waals surface area contributed by atoms with E-state index in [1.165, 1.54) is 6.07 Å². The number of nitrogens with zero attached hydrogens (tertiary/aromatic N) is 3. The number of likely N-dealkylation sites (tertiary alicyclic amines) is 1. The van der Waals surface area contributed by atoms with Crippen LogP contribution in [0.15, 0.2) is 30.3 Å². The fourth-order valence-electron chi connectivity index (χ4n) is 3.15. The van der Waals surface area contributed by atoms with E-state index in [1.807, 2.05) is 26.8 Å². The highest BCUT2D eigenvalue weighted by Crippen LogP contribution is 2.25. The van der Waals surface area contributed by atoms with Crippen LogP contribution in [0.3, 0.4) is 0 Å². The maximum Gasteiger partial charge on any atom is 0.410 e. The molecule has 1 aliphatic heterocycles. The maximum atomic E-state index is 12.7. The third-order valence-corrected chi connectivity index (χ3v) is 4.96. The van der Waals surface area contributed by atoms with Gasteiger partial charge in [0.25, 0.3) is 0 Å². The summed E-state index contributed by atoms with van der Waals surface area (Å²) >= 11 is 11.9. The molecule has 1 aromatic carbocycles. The molecule has 9 heteroatoms. The van der Waals surface area contributed by atoms with Gasteiger partial charge in [-0.15, -0.1) is 0 Å². The van der Waals surface area contributed by atoms with Crippen LogP contribution >= 0.6 is 23.2 Å². The summed E-state index contributed by atoms with van der Waals surface area (Å²) in [5.41, 5.74) is 0.788. The molecule has 1 saturated heterocycles. The third-order valence-electron chi connectivity index (χ3n) is 4.57. The van der Waals surface area contributed by atoms with Crippen molar-refractivity contribution in [2.45, 2.75) is 39.2 Å². The molecule has 0 aliphatic carbocycles. The van der Waals surface area contributed by atoms with Crippen LogP contribution < -0.4 is 5.32 Å². The molecule has 2 heterocycles. The van der Waals surface area contributed by atoms with Gasteiger partial charge in [-0.1, -0.05) is 35.3 Å². The monoisotopic (exact) mass is 450 g/mol. The number of anilines is 1. The quantitative estimate of drug-likeness (QED) is 0.662. The molecule has 0 bridgehead atoms. The predicted octanol–water partition coefficient (Wildman–Crippen LogP) is 5.04. The van der Waals surface area contributed by atoms with Crippen LogP contribution in [0.4, 0.5) is 10.5 Å². The zero-order valence-corrected chi connectivity index (χ0v) is 18.6. The number of hydrogen-bond donors (Lipinski definition) is 1. The first-order chi connectivity index (χ1) is 14.1. The summed E-state index contributed by atoms with van der Waals surface area (Å²) in [5, 5.41) is 3.43. The molecule has 30 heavy (non-hydrogen) atoms. The van der Waals surface area contributed by atoms with E-state index in [0.717, 1.165) is 0 Å². The maximum absolute atomic E-state index is 12.7. The Bertz CT molecular complexity index is 918. The van der Waals surface area contributed by atoms with Gasteiger partial charge in [-0.05, 0) is 45.7 Å². The Morgan fingerprint density at radius 2 is 1.73 bits per heavy atom. The van der Waals surface area contributed by atoms with Crippen molar-refractivity contribution in [3.63, 3.8) is 0 Å². The molecule has 0 atom stereocenters. The van der Waals surface area contributed by atoms with Gasteiger partial charge in [-0.25, -0.2) is 14.8 Å². The van der Waals surface area contributed by atoms with Crippen LogP contribution in [0.5, 0.6) is 0 Å². The molecular weight excluding hydrogens is 427 g/mol. The molecule has 1 fully saturated rings. The topological polar surface area (TPSA) is 84.4 Å². The lowest BCUT2D eigenvalue weighted by molar-refractivity contribution is -0.121. The van der Waals surface area contributed by atoms with Crippen molar-refractivity contribution in [3.05, 3.63) is 40.6 Å². The summed E-state index contributed by atoms with van der Waals surface area (Å²) in [6.45, 7) is 6.48. The summed E-state index contributed by atoms with van der Waals surface area (Å²) in [7, 11) is 0. The molecule has 2 amide bonds. The van der Waals surface area contributed by atoms with Crippen LogP contribution in [0.25, 0.3) is 11.4 Å². The number of halogens is 2. The molecule has 0 saturated carbocycles. The molecule has 7 nitrogen and oxygen atoms in total. The van der Waals surface area contributed by atoms with Gasteiger partial charge >= 0.3 is 6.09 Å². The number of hydrogen-bond acceptors (Lipinski definition) is 5. The number of nitrogens with one attached hydrogen (secondary N) is 1. The first-order valence-electron chi connectivity index (χ1n) is 9.70. The molecule has 0 unspecified atom stereocenters. The van der Waals surface area contributed by atoms with Crippen LogP contribution in [0.1, 0.15) is 33.6 Å². The standard InChI is InChI=1S/C21H24Cl2N4O3/c1-21(2,3)30-20(29)27-9-7-13(8-10-27)19(28)24-15-6-4-5-14(11-15)18-25-16(22)12-17(23)26-18/h4-6,11-13H,7-10H2,1-3H3,(H,24,28). The Balaban J connectivity index is 1.60. The molecule has 0 radical (unpaired) electrons. The molecular formula is C21H24Cl2N4O3. The number of amides is 2. The van der Waals surface area contributed by atoms with Crippen LogP contribution in [0.2, 0.25) is 10.3 Å². The number of benzene rings is 1. The summed E-state index contributed by atoms with van der Waals surface area (Å²) < 4.78 is 5.40. The SMILES string of the molecule is CC(C)(C)OC(=O)N1CCC(C(=O)Nc2cccc(-c3nc(Cl)cc(Cl)n3)c2)CC1. The molecule has 1 aliphatic rings. The van der Waals surface area contributed by atoms with Gasteiger partial charge in [0.2, 0.25) is 5.91 Å². The summed E-state index contributed by atoms with van der Waals surface area (Å²) in [5.74, 6) is 0.125. The Hall–Kier alpha value is -2.38. The minimum atomic E-state index is -0.534. The Morgan fingerprint density at radius 3 is 2.33 bits per heavy atom. The van der Waals surface area contributed by atoms with Crippen LogP contribution in [-0.4, -0.2) is 45.6 Å². The number of rotatable bonds is 3. The largest absolute Gasteiger partial charge is 0.444 e. The smallest absolute Gasteiger partial charge is 0.410 e. The highest BCUT2D eigenvalue weighted by molar-refractivity contribution is 6.33. The molecule has 160 valence electrons. The molecule has 0 spiro atoms. The lowest BCUT2D eigenvalue weighted by Gasteiger charge is -2.32. The van der Waals surface area contributed by atoms with E-state index in [0.29, 0.717) is 43.0 Å². The Kier molecular flexibility index (Phi) is 6.83. The van der Waals surface area contributed by atoms with Crippen molar-refractivity contribution < 1.29 is 14.3 Å².